The highest BCUT2D eigenvalue weighted by Gasteiger charge is 2.30. The van der Waals surface area contributed by atoms with E-state index in [2.05, 4.69) is 0 Å². The smallest absolute Gasteiger partial charge is 0.398 e. The molecule has 1 nitrogen and oxygen atoms in total. The number of nitrogens with two attached hydrogens (primary N) is 1. The lowest BCUT2D eigenvalue weighted by atomic mass is 10.1. The third-order valence-electron chi connectivity index (χ3n) is 2.57. The van der Waals surface area contributed by atoms with Gasteiger partial charge in [-0.05, 0) is 23.8 Å². The highest BCUT2D eigenvalue weighted by atomic mass is 32.2. The molecule has 19 heavy (non-hydrogen) atoms. The number of thioether (sulfide) groups is 1. The zero-order valence-electron chi connectivity index (χ0n) is 9.95. The number of benzene rings is 2. The van der Waals surface area contributed by atoms with Gasteiger partial charge >= 0.3 is 6.18 Å². The van der Waals surface area contributed by atoms with Crippen LogP contribution >= 0.6 is 11.8 Å². The van der Waals surface area contributed by atoms with E-state index in [1.165, 1.54) is 23.9 Å². The summed E-state index contributed by atoms with van der Waals surface area (Å²) in [6, 6.07) is 12.7. The predicted molar refractivity (Wildman–Crippen MR) is 71.9 cm³/mol. The van der Waals surface area contributed by atoms with Crippen molar-refractivity contribution in [2.24, 2.45) is 0 Å². The quantitative estimate of drug-likeness (QED) is 0.659. The van der Waals surface area contributed by atoms with Crippen molar-refractivity contribution in [3.63, 3.8) is 0 Å². The maximum absolute atomic E-state index is 12.6. The topological polar surface area (TPSA) is 26.0 Å². The molecule has 0 radical (unpaired) electrons. The van der Waals surface area contributed by atoms with Crippen LogP contribution in [0.15, 0.2) is 53.4 Å². The first-order chi connectivity index (χ1) is 8.97. The van der Waals surface area contributed by atoms with Crippen molar-refractivity contribution in [3.05, 3.63) is 59.7 Å². The van der Waals surface area contributed by atoms with E-state index in [9.17, 15) is 13.2 Å². The molecule has 2 N–H and O–H groups in total. The van der Waals surface area contributed by atoms with Crippen molar-refractivity contribution >= 4 is 17.4 Å². The number of hydrogen-bond acceptors (Lipinski definition) is 2. The molecule has 0 aromatic heterocycles. The average Bonchev–Trinajstić information content (AvgIpc) is 2.37. The molecule has 0 spiro atoms. The second-order valence-corrected chi connectivity index (χ2v) is 5.04. The van der Waals surface area contributed by atoms with Gasteiger partial charge in [0.05, 0.1) is 5.56 Å². The summed E-state index contributed by atoms with van der Waals surface area (Å²) in [5.74, 6) is 0.456. The van der Waals surface area contributed by atoms with Crippen molar-refractivity contribution < 1.29 is 13.2 Å². The Bertz CT molecular complexity index is 567. The van der Waals surface area contributed by atoms with Gasteiger partial charge in [-0.25, -0.2) is 0 Å². The summed E-state index contributed by atoms with van der Waals surface area (Å²) < 4.78 is 37.7. The second-order valence-electron chi connectivity index (χ2n) is 4.02. The Morgan fingerprint density at radius 1 is 1.00 bits per heavy atom. The summed E-state index contributed by atoms with van der Waals surface area (Å²) >= 11 is 1.43. The molecule has 0 saturated carbocycles. The number of hydrogen-bond donors (Lipinski definition) is 1. The highest BCUT2D eigenvalue weighted by Crippen LogP contribution is 2.32. The molecular weight excluding hydrogens is 271 g/mol. The fraction of sp³-hybridized carbons (Fsp3) is 0.143. The third kappa shape index (κ3) is 3.67. The monoisotopic (exact) mass is 283 g/mol. The molecule has 5 heteroatoms. The largest absolute Gasteiger partial charge is 0.416 e. The van der Waals surface area contributed by atoms with Gasteiger partial charge < -0.3 is 5.73 Å². The molecule has 0 aliphatic heterocycles. The molecule has 0 amide bonds. The molecule has 100 valence electrons. The van der Waals surface area contributed by atoms with E-state index in [-0.39, 0.29) is 0 Å². The first-order valence-corrected chi connectivity index (χ1v) is 6.59. The molecule has 0 bridgehead atoms. The van der Waals surface area contributed by atoms with Crippen molar-refractivity contribution in [1.82, 2.24) is 0 Å². The van der Waals surface area contributed by atoms with Crippen LogP contribution in [-0.2, 0) is 11.9 Å². The van der Waals surface area contributed by atoms with Crippen LogP contribution in [0, 0.1) is 0 Å². The van der Waals surface area contributed by atoms with E-state index in [4.69, 9.17) is 5.73 Å². The lowest BCUT2D eigenvalue weighted by molar-refractivity contribution is -0.137. The summed E-state index contributed by atoms with van der Waals surface area (Å²) in [5.41, 5.74) is 6.43. The summed E-state index contributed by atoms with van der Waals surface area (Å²) in [6.07, 6.45) is -4.30. The van der Waals surface area contributed by atoms with E-state index in [1.54, 1.807) is 12.1 Å². The van der Waals surface area contributed by atoms with Gasteiger partial charge in [0.25, 0.3) is 0 Å². The van der Waals surface area contributed by atoms with E-state index >= 15 is 0 Å². The van der Waals surface area contributed by atoms with Gasteiger partial charge in [-0.3, -0.25) is 0 Å². The number of anilines is 1. The number of halogens is 3. The lowest BCUT2D eigenvalue weighted by Gasteiger charge is -2.09. The SMILES string of the molecule is Nc1ccccc1SCc1cccc(C(F)(F)F)c1. The minimum Gasteiger partial charge on any atom is -0.398 e. The van der Waals surface area contributed by atoms with Gasteiger partial charge in [0, 0.05) is 16.3 Å². The summed E-state index contributed by atoms with van der Waals surface area (Å²) in [4.78, 5) is 0.875. The lowest BCUT2D eigenvalue weighted by Crippen LogP contribution is -2.04. The minimum absolute atomic E-state index is 0.456. The predicted octanol–water partition coefficient (Wildman–Crippen LogP) is 4.58. The molecule has 0 aliphatic rings. The standard InChI is InChI=1S/C14H12F3NS/c15-14(16,17)11-5-3-4-10(8-11)9-19-13-7-2-1-6-12(13)18/h1-8H,9,18H2. The average molecular weight is 283 g/mol. The van der Waals surface area contributed by atoms with Gasteiger partial charge in [0.2, 0.25) is 0 Å². The molecule has 0 atom stereocenters. The fourth-order valence-electron chi connectivity index (χ4n) is 1.61. The Balaban J connectivity index is 2.10. The molecule has 2 aromatic carbocycles. The first kappa shape index (κ1) is 13.8. The summed E-state index contributed by atoms with van der Waals surface area (Å²) in [6.45, 7) is 0. The molecule has 2 rings (SSSR count). The Morgan fingerprint density at radius 2 is 1.74 bits per heavy atom. The number of alkyl halides is 3. The molecule has 0 aliphatic carbocycles. The zero-order chi connectivity index (χ0) is 13.9. The Kier molecular flexibility index (Phi) is 4.04. The fourth-order valence-corrected chi connectivity index (χ4v) is 2.52. The Labute approximate surface area is 113 Å². The van der Waals surface area contributed by atoms with Gasteiger partial charge in [0.1, 0.15) is 0 Å². The summed E-state index contributed by atoms with van der Waals surface area (Å²) in [7, 11) is 0. The molecule has 0 unspecified atom stereocenters. The molecule has 0 heterocycles. The Hall–Kier alpha value is -1.62. The maximum Gasteiger partial charge on any atom is 0.416 e. The zero-order valence-corrected chi connectivity index (χ0v) is 10.8. The normalized spacial score (nSPS) is 11.5. The molecule has 0 saturated heterocycles. The maximum atomic E-state index is 12.6. The molecule has 0 fully saturated rings. The first-order valence-electron chi connectivity index (χ1n) is 5.60. The molecule has 2 aromatic rings. The van der Waals surface area contributed by atoms with Crippen molar-refractivity contribution in [3.8, 4) is 0 Å². The van der Waals surface area contributed by atoms with Gasteiger partial charge in [-0.15, -0.1) is 11.8 Å². The second kappa shape index (κ2) is 5.57. The summed E-state index contributed by atoms with van der Waals surface area (Å²) in [5, 5.41) is 0. The van der Waals surface area contributed by atoms with Crippen LogP contribution in [0.3, 0.4) is 0 Å². The van der Waals surface area contributed by atoms with Crippen molar-refractivity contribution in [1.29, 1.82) is 0 Å². The highest BCUT2D eigenvalue weighted by molar-refractivity contribution is 7.98. The van der Waals surface area contributed by atoms with Gasteiger partial charge in [-0.1, -0.05) is 30.3 Å². The molecular formula is C14H12F3NS. The van der Waals surface area contributed by atoms with Crippen LogP contribution in [0.1, 0.15) is 11.1 Å². The van der Waals surface area contributed by atoms with Crippen LogP contribution in [0.4, 0.5) is 18.9 Å². The van der Waals surface area contributed by atoms with Crippen LogP contribution < -0.4 is 5.73 Å². The van der Waals surface area contributed by atoms with Crippen LogP contribution in [0.5, 0.6) is 0 Å². The van der Waals surface area contributed by atoms with Crippen LogP contribution in [-0.4, -0.2) is 0 Å². The van der Waals surface area contributed by atoms with Gasteiger partial charge in [0.15, 0.2) is 0 Å². The van der Waals surface area contributed by atoms with E-state index < -0.39 is 11.7 Å². The minimum atomic E-state index is -4.30. The van der Waals surface area contributed by atoms with Crippen LogP contribution in [0.25, 0.3) is 0 Å². The number of rotatable bonds is 3. The number of para-hydroxylation sites is 1. The van der Waals surface area contributed by atoms with Crippen molar-refractivity contribution in [2.75, 3.05) is 5.73 Å². The van der Waals surface area contributed by atoms with Crippen LogP contribution in [0.2, 0.25) is 0 Å². The van der Waals surface area contributed by atoms with E-state index in [0.29, 0.717) is 17.0 Å². The van der Waals surface area contributed by atoms with Crippen molar-refractivity contribution in [2.45, 2.75) is 16.8 Å². The Morgan fingerprint density at radius 3 is 2.42 bits per heavy atom. The number of nitrogen functional groups attached to an aromatic ring is 1. The third-order valence-corrected chi connectivity index (χ3v) is 3.73. The van der Waals surface area contributed by atoms with E-state index in [0.717, 1.165) is 11.0 Å². The van der Waals surface area contributed by atoms with E-state index in [1.807, 2.05) is 18.2 Å². The van der Waals surface area contributed by atoms with Gasteiger partial charge in [-0.2, -0.15) is 13.2 Å².